The molecule has 13 heavy (non-hydrogen) atoms. The Kier molecular flexibility index (Phi) is 2.30. The van der Waals surface area contributed by atoms with Gasteiger partial charge in [0.15, 0.2) is 0 Å². The molecule has 0 aromatic rings. The third-order valence-corrected chi connectivity index (χ3v) is 2.36. The number of nitrogens with one attached hydrogen (secondary N) is 1. The molecule has 0 spiro atoms. The molecule has 0 atom stereocenters. The number of carbonyl (C=O) groups is 1. The highest BCUT2D eigenvalue weighted by atomic mass is 16.2. The van der Waals surface area contributed by atoms with Crippen molar-refractivity contribution in [3.63, 3.8) is 0 Å². The van der Waals surface area contributed by atoms with E-state index in [1.807, 2.05) is 4.90 Å². The molecule has 3 heteroatoms. The normalized spacial score (nSPS) is 22.8. The Balaban J connectivity index is 2.78. The summed E-state index contributed by atoms with van der Waals surface area (Å²) < 4.78 is 0. The lowest BCUT2D eigenvalue weighted by molar-refractivity contribution is 0.0832. The molecule has 76 valence electrons. The van der Waals surface area contributed by atoms with Gasteiger partial charge in [-0.1, -0.05) is 13.8 Å². The van der Waals surface area contributed by atoms with Crippen LogP contribution in [0.4, 0.5) is 4.79 Å². The average molecular weight is 184 g/mol. The van der Waals surface area contributed by atoms with Crippen LogP contribution in [0.3, 0.4) is 0 Å². The van der Waals surface area contributed by atoms with E-state index in [4.69, 9.17) is 0 Å². The van der Waals surface area contributed by atoms with Crippen LogP contribution in [0.2, 0.25) is 0 Å². The lowest BCUT2D eigenvalue weighted by Crippen LogP contribution is -2.60. The van der Waals surface area contributed by atoms with Gasteiger partial charge in [0.1, 0.15) is 0 Å². The highest BCUT2D eigenvalue weighted by Crippen LogP contribution is 2.25. The number of carbonyl (C=O) groups excluding carboxylic acids is 1. The molecule has 0 aromatic heterocycles. The van der Waals surface area contributed by atoms with E-state index in [1.54, 1.807) is 0 Å². The fourth-order valence-electron chi connectivity index (χ4n) is 1.51. The molecule has 0 aliphatic carbocycles. The molecule has 3 nitrogen and oxygen atoms in total. The summed E-state index contributed by atoms with van der Waals surface area (Å²) in [6, 6.07) is 0.0619. The van der Waals surface area contributed by atoms with Gasteiger partial charge in [0, 0.05) is 18.6 Å². The summed E-state index contributed by atoms with van der Waals surface area (Å²) in [5.41, 5.74) is 0.100. The van der Waals surface area contributed by atoms with Crippen molar-refractivity contribution in [3.05, 3.63) is 0 Å². The maximum absolute atomic E-state index is 11.5. The minimum atomic E-state index is -0.0816. The first-order chi connectivity index (χ1) is 5.72. The minimum absolute atomic E-state index is 0.0619. The van der Waals surface area contributed by atoms with Crippen LogP contribution in [0.15, 0.2) is 0 Å². The summed E-state index contributed by atoms with van der Waals surface area (Å²) in [6.07, 6.45) is 0. The molecule has 1 saturated heterocycles. The summed E-state index contributed by atoms with van der Waals surface area (Å²) in [5, 5.41) is 2.92. The molecule has 1 N–H and O–H groups in total. The van der Waals surface area contributed by atoms with E-state index in [-0.39, 0.29) is 17.0 Å². The van der Waals surface area contributed by atoms with Gasteiger partial charge in [0.25, 0.3) is 0 Å². The first-order valence-electron chi connectivity index (χ1n) is 4.78. The van der Waals surface area contributed by atoms with E-state index in [0.717, 1.165) is 13.1 Å². The standard InChI is InChI=1S/C10H20N2O/c1-9(2,3)12-7-10(4,5)6-11-8(12)13/h6-7H2,1-5H3,(H,11,13). The third kappa shape index (κ3) is 2.36. The van der Waals surface area contributed by atoms with Crippen molar-refractivity contribution in [3.8, 4) is 0 Å². The van der Waals surface area contributed by atoms with Gasteiger partial charge in [-0.2, -0.15) is 0 Å². The van der Waals surface area contributed by atoms with Crippen molar-refractivity contribution in [2.75, 3.05) is 13.1 Å². The maximum atomic E-state index is 11.5. The van der Waals surface area contributed by atoms with E-state index in [9.17, 15) is 4.79 Å². The lowest BCUT2D eigenvalue weighted by atomic mass is 9.89. The molecule has 0 saturated carbocycles. The fourth-order valence-corrected chi connectivity index (χ4v) is 1.51. The van der Waals surface area contributed by atoms with Gasteiger partial charge in [-0.25, -0.2) is 4.79 Å². The number of nitrogens with zero attached hydrogens (tertiary/aromatic N) is 1. The topological polar surface area (TPSA) is 32.3 Å². The predicted octanol–water partition coefficient (Wildman–Crippen LogP) is 1.84. The number of amides is 2. The van der Waals surface area contributed by atoms with Gasteiger partial charge in [0.2, 0.25) is 0 Å². The Bertz CT molecular complexity index is 215. The number of hydrogen-bond donors (Lipinski definition) is 1. The molecular formula is C10H20N2O. The molecule has 0 aromatic carbocycles. The van der Waals surface area contributed by atoms with Crippen LogP contribution in [0, 0.1) is 5.41 Å². The van der Waals surface area contributed by atoms with E-state index in [0.29, 0.717) is 0 Å². The molecule has 1 fully saturated rings. The van der Waals surface area contributed by atoms with Gasteiger partial charge in [0.05, 0.1) is 0 Å². The van der Waals surface area contributed by atoms with Crippen LogP contribution in [-0.2, 0) is 0 Å². The average Bonchev–Trinajstić information content (AvgIpc) is 1.92. The molecule has 2 amide bonds. The summed E-state index contributed by atoms with van der Waals surface area (Å²) in [7, 11) is 0. The zero-order chi connectivity index (χ0) is 10.3. The van der Waals surface area contributed by atoms with Crippen LogP contribution in [0.5, 0.6) is 0 Å². The van der Waals surface area contributed by atoms with Crippen LogP contribution in [-0.4, -0.2) is 29.6 Å². The van der Waals surface area contributed by atoms with Crippen LogP contribution >= 0.6 is 0 Å². The molecular weight excluding hydrogens is 164 g/mol. The molecule has 0 radical (unpaired) electrons. The quantitative estimate of drug-likeness (QED) is 0.612. The number of hydrogen-bond acceptors (Lipinski definition) is 1. The molecule has 0 bridgehead atoms. The SMILES string of the molecule is CC1(C)CNC(=O)N(C(C)(C)C)C1. The van der Waals surface area contributed by atoms with Gasteiger partial charge in [-0.3, -0.25) is 0 Å². The van der Waals surface area contributed by atoms with Gasteiger partial charge in [-0.05, 0) is 26.2 Å². The zero-order valence-corrected chi connectivity index (χ0v) is 9.27. The van der Waals surface area contributed by atoms with Gasteiger partial charge in [-0.15, -0.1) is 0 Å². The number of urea groups is 1. The summed E-state index contributed by atoms with van der Waals surface area (Å²) in [4.78, 5) is 13.4. The first kappa shape index (κ1) is 10.4. The monoisotopic (exact) mass is 184 g/mol. The Morgan fingerprint density at radius 1 is 1.38 bits per heavy atom. The van der Waals surface area contributed by atoms with Crippen molar-refractivity contribution in [2.24, 2.45) is 5.41 Å². The molecule has 1 rings (SSSR count). The van der Waals surface area contributed by atoms with Crippen LogP contribution in [0.25, 0.3) is 0 Å². The van der Waals surface area contributed by atoms with Gasteiger partial charge >= 0.3 is 6.03 Å². The molecule has 1 aliphatic rings. The second kappa shape index (κ2) is 2.89. The third-order valence-electron chi connectivity index (χ3n) is 2.36. The van der Waals surface area contributed by atoms with E-state index < -0.39 is 0 Å². The largest absolute Gasteiger partial charge is 0.337 e. The van der Waals surface area contributed by atoms with E-state index >= 15 is 0 Å². The lowest BCUT2D eigenvalue weighted by Gasteiger charge is -2.45. The van der Waals surface area contributed by atoms with Gasteiger partial charge < -0.3 is 10.2 Å². The smallest absolute Gasteiger partial charge is 0.317 e. The van der Waals surface area contributed by atoms with Crippen molar-refractivity contribution < 1.29 is 4.79 Å². The fraction of sp³-hybridized carbons (Fsp3) is 0.900. The van der Waals surface area contributed by atoms with Crippen molar-refractivity contribution in [2.45, 2.75) is 40.2 Å². The first-order valence-corrected chi connectivity index (χ1v) is 4.78. The zero-order valence-electron chi connectivity index (χ0n) is 9.27. The van der Waals surface area contributed by atoms with Crippen LogP contribution < -0.4 is 5.32 Å². The summed E-state index contributed by atoms with van der Waals surface area (Å²) in [6.45, 7) is 12.1. The van der Waals surface area contributed by atoms with Crippen LogP contribution in [0.1, 0.15) is 34.6 Å². The maximum Gasteiger partial charge on any atom is 0.317 e. The second-order valence-electron chi connectivity index (χ2n) is 5.58. The van der Waals surface area contributed by atoms with Crippen molar-refractivity contribution >= 4 is 6.03 Å². The Hall–Kier alpha value is -0.730. The molecule has 0 unspecified atom stereocenters. The van der Waals surface area contributed by atoms with E-state index in [1.165, 1.54) is 0 Å². The Labute approximate surface area is 80.5 Å². The highest BCUT2D eigenvalue weighted by molar-refractivity contribution is 5.76. The van der Waals surface area contributed by atoms with Crippen molar-refractivity contribution in [1.82, 2.24) is 10.2 Å². The summed E-state index contributed by atoms with van der Waals surface area (Å²) >= 11 is 0. The van der Waals surface area contributed by atoms with Crippen molar-refractivity contribution in [1.29, 1.82) is 0 Å². The summed E-state index contributed by atoms with van der Waals surface area (Å²) in [5.74, 6) is 0. The number of rotatable bonds is 0. The molecule has 1 aliphatic heterocycles. The Morgan fingerprint density at radius 3 is 2.31 bits per heavy atom. The predicted molar refractivity (Wildman–Crippen MR) is 53.6 cm³/mol. The minimum Gasteiger partial charge on any atom is -0.337 e. The molecule has 1 heterocycles. The second-order valence-corrected chi connectivity index (χ2v) is 5.58. The highest BCUT2D eigenvalue weighted by Gasteiger charge is 2.36. The van der Waals surface area contributed by atoms with E-state index in [2.05, 4.69) is 39.9 Å². The Morgan fingerprint density at radius 2 is 1.92 bits per heavy atom.